The van der Waals surface area contributed by atoms with Crippen LogP contribution in [0.4, 0.5) is 4.79 Å². The van der Waals surface area contributed by atoms with Crippen molar-refractivity contribution in [2.45, 2.75) is 31.5 Å². The summed E-state index contributed by atoms with van der Waals surface area (Å²) in [7, 11) is 1.68. The van der Waals surface area contributed by atoms with Gasteiger partial charge in [-0.25, -0.2) is 9.79 Å². The minimum absolute atomic E-state index is 0.251. The monoisotopic (exact) mass is 321 g/mol. The second kappa shape index (κ2) is 5.27. The minimum atomic E-state index is -0.427. The quantitative estimate of drug-likeness (QED) is 0.807. The first-order chi connectivity index (χ1) is 10.6. The molecule has 4 aliphatic rings. The molecule has 0 aromatic rings. The number of hydrogen-bond donors (Lipinski definition) is 1. The number of fused-ring (bicyclic) bond motifs is 3. The number of likely N-dealkylation sites (tertiary alicyclic amines) is 1. The van der Waals surface area contributed by atoms with Crippen molar-refractivity contribution >= 4 is 28.9 Å². The molecule has 7 nitrogen and oxygen atoms in total. The molecular formula is C14H19N5O2S. The number of nitrogens with one attached hydrogen (secondary N) is 1. The fourth-order valence-electron chi connectivity index (χ4n) is 3.46. The third-order valence-corrected chi connectivity index (χ3v) is 5.57. The van der Waals surface area contributed by atoms with Crippen LogP contribution in [0.1, 0.15) is 19.3 Å². The minimum Gasteiger partial charge on any atom is -0.306 e. The molecule has 3 amide bonds. The lowest BCUT2D eigenvalue weighted by Gasteiger charge is -2.37. The van der Waals surface area contributed by atoms with Gasteiger partial charge in [-0.15, -0.1) is 0 Å². The van der Waals surface area contributed by atoms with Crippen LogP contribution in [0.2, 0.25) is 0 Å². The van der Waals surface area contributed by atoms with Gasteiger partial charge in [0.1, 0.15) is 0 Å². The molecule has 8 heteroatoms. The van der Waals surface area contributed by atoms with Gasteiger partial charge < -0.3 is 9.80 Å². The van der Waals surface area contributed by atoms with Crippen LogP contribution in [0.5, 0.6) is 0 Å². The highest BCUT2D eigenvalue weighted by atomic mass is 32.2. The third kappa shape index (κ3) is 2.13. The zero-order valence-corrected chi connectivity index (χ0v) is 13.3. The van der Waals surface area contributed by atoms with Crippen LogP contribution in [0.3, 0.4) is 0 Å². The molecule has 0 aliphatic carbocycles. The van der Waals surface area contributed by atoms with E-state index in [0.717, 1.165) is 30.5 Å². The number of carbonyl (C=O) groups is 2. The van der Waals surface area contributed by atoms with Crippen molar-refractivity contribution in [2.75, 3.05) is 26.7 Å². The number of hydrogen-bond acceptors (Lipinski definition) is 6. The van der Waals surface area contributed by atoms with Gasteiger partial charge in [-0.2, -0.15) is 0 Å². The van der Waals surface area contributed by atoms with E-state index in [1.807, 2.05) is 4.90 Å². The second-order valence-electron chi connectivity index (χ2n) is 6.11. The molecule has 1 N–H and O–H groups in total. The summed E-state index contributed by atoms with van der Waals surface area (Å²) in [5.41, 5.74) is 1.12. The molecule has 22 heavy (non-hydrogen) atoms. The smallest absolute Gasteiger partial charge is 0.306 e. The standard InChI is InChI=1S/C14H19N5O2S/c1-17-11-10(12(20)16-13(17)21)19-9(8-22-14(19)15-11)7-18-5-3-2-4-6-18/h8,10-11H,2-7H2,1H3,(H,16,20,21). The molecule has 118 valence electrons. The van der Waals surface area contributed by atoms with Crippen molar-refractivity contribution in [1.82, 2.24) is 20.0 Å². The van der Waals surface area contributed by atoms with Crippen molar-refractivity contribution in [3.63, 3.8) is 0 Å². The molecule has 2 saturated heterocycles. The maximum absolute atomic E-state index is 12.3. The van der Waals surface area contributed by atoms with Crippen molar-refractivity contribution < 1.29 is 9.59 Å². The van der Waals surface area contributed by atoms with Gasteiger partial charge in [0.05, 0.1) is 0 Å². The van der Waals surface area contributed by atoms with Crippen LogP contribution in [0.25, 0.3) is 0 Å². The summed E-state index contributed by atoms with van der Waals surface area (Å²) in [6.45, 7) is 3.07. The lowest BCUT2D eigenvalue weighted by molar-refractivity contribution is -0.126. The lowest BCUT2D eigenvalue weighted by Crippen LogP contribution is -2.63. The van der Waals surface area contributed by atoms with Gasteiger partial charge >= 0.3 is 6.03 Å². The van der Waals surface area contributed by atoms with Crippen LogP contribution in [-0.2, 0) is 4.79 Å². The van der Waals surface area contributed by atoms with Crippen LogP contribution >= 0.6 is 11.8 Å². The first-order valence-corrected chi connectivity index (χ1v) is 8.56. The maximum Gasteiger partial charge on any atom is 0.325 e. The number of amides is 3. The van der Waals surface area contributed by atoms with Crippen molar-refractivity contribution in [1.29, 1.82) is 0 Å². The third-order valence-electron chi connectivity index (χ3n) is 4.67. The van der Waals surface area contributed by atoms with E-state index in [1.165, 1.54) is 24.2 Å². The van der Waals surface area contributed by atoms with Crippen molar-refractivity contribution in [3.05, 3.63) is 11.1 Å². The van der Waals surface area contributed by atoms with Crippen LogP contribution < -0.4 is 5.32 Å². The van der Waals surface area contributed by atoms with Gasteiger partial charge in [0.25, 0.3) is 5.91 Å². The molecule has 0 saturated carbocycles. The summed E-state index contributed by atoms with van der Waals surface area (Å²) in [5, 5.41) is 5.34. The summed E-state index contributed by atoms with van der Waals surface area (Å²) in [6.07, 6.45) is 3.38. The molecule has 4 aliphatic heterocycles. The zero-order valence-electron chi connectivity index (χ0n) is 12.5. The van der Waals surface area contributed by atoms with Crippen LogP contribution in [-0.4, -0.2) is 70.7 Å². The van der Waals surface area contributed by atoms with E-state index in [0.29, 0.717) is 0 Å². The number of urea groups is 1. The van der Waals surface area contributed by atoms with Crippen LogP contribution in [0.15, 0.2) is 16.1 Å². The molecule has 0 aromatic heterocycles. The van der Waals surface area contributed by atoms with Gasteiger partial charge in [0.15, 0.2) is 17.4 Å². The molecule has 2 atom stereocenters. The number of likely N-dealkylation sites (N-methyl/N-ethyl adjacent to an activating group) is 1. The van der Waals surface area contributed by atoms with E-state index in [1.54, 1.807) is 18.8 Å². The number of amidine groups is 1. The molecule has 4 rings (SSSR count). The molecule has 0 radical (unpaired) electrons. The fourth-order valence-corrected chi connectivity index (χ4v) is 4.41. The highest BCUT2D eigenvalue weighted by Gasteiger charge is 2.51. The number of aliphatic imine (C=N–C) groups is 1. The van der Waals surface area contributed by atoms with Crippen LogP contribution in [0, 0.1) is 0 Å². The Bertz CT molecular complexity index is 584. The van der Waals surface area contributed by atoms with E-state index in [4.69, 9.17) is 0 Å². The van der Waals surface area contributed by atoms with E-state index in [2.05, 4.69) is 20.6 Å². The van der Waals surface area contributed by atoms with Gasteiger partial charge in [-0.1, -0.05) is 18.2 Å². The second-order valence-corrected chi connectivity index (χ2v) is 6.95. The summed E-state index contributed by atoms with van der Waals surface area (Å²) >= 11 is 1.55. The molecule has 0 aromatic carbocycles. The molecular weight excluding hydrogens is 302 g/mol. The molecule has 0 spiro atoms. The highest BCUT2D eigenvalue weighted by Crippen LogP contribution is 2.37. The first kappa shape index (κ1) is 14.1. The fraction of sp³-hybridized carbons (Fsp3) is 0.643. The van der Waals surface area contributed by atoms with Gasteiger partial charge in [-0.05, 0) is 31.3 Å². The number of carbonyl (C=O) groups excluding carboxylic acids is 2. The number of nitrogens with zero attached hydrogens (tertiary/aromatic N) is 4. The van der Waals surface area contributed by atoms with E-state index in [9.17, 15) is 9.59 Å². The van der Waals surface area contributed by atoms with Crippen molar-refractivity contribution in [2.24, 2.45) is 4.99 Å². The van der Waals surface area contributed by atoms with Gasteiger partial charge in [0.2, 0.25) is 0 Å². The Morgan fingerprint density at radius 2 is 2.09 bits per heavy atom. The Morgan fingerprint density at radius 1 is 1.32 bits per heavy atom. The Labute approximate surface area is 133 Å². The Hall–Kier alpha value is -1.54. The predicted octanol–water partition coefficient (Wildman–Crippen LogP) is 0.608. The van der Waals surface area contributed by atoms with E-state index >= 15 is 0 Å². The molecule has 2 fully saturated rings. The lowest BCUT2D eigenvalue weighted by atomic mass is 10.1. The Kier molecular flexibility index (Phi) is 3.37. The summed E-state index contributed by atoms with van der Waals surface area (Å²) in [6, 6.07) is -0.799. The van der Waals surface area contributed by atoms with Crippen molar-refractivity contribution in [3.8, 4) is 0 Å². The van der Waals surface area contributed by atoms with Gasteiger partial charge in [0, 0.05) is 19.3 Å². The summed E-state index contributed by atoms with van der Waals surface area (Å²) in [5.74, 6) is -0.251. The normalized spacial score (nSPS) is 31.7. The van der Waals surface area contributed by atoms with Gasteiger partial charge in [-0.3, -0.25) is 15.0 Å². The number of rotatable bonds is 2. The Morgan fingerprint density at radius 3 is 2.86 bits per heavy atom. The SMILES string of the molecule is CN1C(=O)NC(=O)C2C1N=C1SC=C(CN3CCCCC3)N12. The number of imide groups is 1. The largest absolute Gasteiger partial charge is 0.325 e. The number of thioether (sulfide) groups is 1. The highest BCUT2D eigenvalue weighted by molar-refractivity contribution is 8.16. The molecule has 0 bridgehead atoms. The summed E-state index contributed by atoms with van der Waals surface area (Å²) < 4.78 is 0. The first-order valence-electron chi connectivity index (χ1n) is 7.68. The summed E-state index contributed by atoms with van der Waals surface area (Å²) in [4.78, 5) is 34.6. The average molecular weight is 321 g/mol. The van der Waals surface area contributed by atoms with E-state index in [-0.39, 0.29) is 11.9 Å². The predicted molar refractivity (Wildman–Crippen MR) is 84.1 cm³/mol. The number of piperidine rings is 1. The average Bonchev–Trinajstić information content (AvgIpc) is 3.06. The zero-order chi connectivity index (χ0) is 15.3. The maximum atomic E-state index is 12.3. The topological polar surface area (TPSA) is 68.2 Å². The Balaban J connectivity index is 1.54. The van der Waals surface area contributed by atoms with E-state index < -0.39 is 12.2 Å². The molecule has 4 heterocycles. The molecule has 2 unspecified atom stereocenters.